The lowest BCUT2D eigenvalue weighted by Crippen LogP contribution is -2.27. The molecule has 3 aromatic rings. The van der Waals surface area contributed by atoms with Crippen LogP contribution in [0.15, 0.2) is 52.9 Å². The van der Waals surface area contributed by atoms with Gasteiger partial charge in [0, 0.05) is 12.2 Å². The van der Waals surface area contributed by atoms with Crippen molar-refractivity contribution < 1.29 is 18.7 Å². The van der Waals surface area contributed by atoms with Gasteiger partial charge in [-0.05, 0) is 61.9 Å². The summed E-state index contributed by atoms with van der Waals surface area (Å²) >= 11 is 0. The molecule has 0 bridgehead atoms. The van der Waals surface area contributed by atoms with E-state index in [1.54, 1.807) is 0 Å². The van der Waals surface area contributed by atoms with Crippen LogP contribution < -0.4 is 10.6 Å². The first kappa shape index (κ1) is 23.7. The third kappa shape index (κ3) is 5.72. The lowest BCUT2D eigenvalue weighted by molar-refractivity contribution is -0.124. The topological polar surface area (TPSA) is 93.5 Å². The molecular weight excluding hydrogens is 430 g/mol. The molecule has 0 aliphatic carbocycles. The number of hydrogen-bond acceptors (Lipinski definition) is 5. The number of rotatable bonds is 8. The van der Waals surface area contributed by atoms with Crippen LogP contribution in [-0.2, 0) is 22.5 Å². The molecule has 7 heteroatoms. The molecule has 2 aromatic carbocycles. The zero-order valence-electron chi connectivity index (χ0n) is 19.9. The van der Waals surface area contributed by atoms with Gasteiger partial charge < -0.3 is 19.8 Å². The number of anilines is 1. The highest BCUT2D eigenvalue weighted by Gasteiger charge is 2.25. The largest absolute Gasteiger partial charge is 0.441 e. The van der Waals surface area contributed by atoms with Crippen LogP contribution in [0.25, 0.3) is 11.5 Å². The van der Waals surface area contributed by atoms with E-state index in [1.165, 1.54) is 5.56 Å². The number of benzene rings is 2. The summed E-state index contributed by atoms with van der Waals surface area (Å²) in [7, 11) is 0. The van der Waals surface area contributed by atoms with Gasteiger partial charge in [0.2, 0.25) is 5.89 Å². The average Bonchev–Trinajstić information content (AvgIpc) is 3.48. The molecule has 178 valence electrons. The van der Waals surface area contributed by atoms with Crippen molar-refractivity contribution in [1.29, 1.82) is 0 Å². The maximum absolute atomic E-state index is 12.6. The summed E-state index contributed by atoms with van der Waals surface area (Å²) < 4.78 is 11.4. The van der Waals surface area contributed by atoms with Crippen molar-refractivity contribution >= 4 is 17.5 Å². The number of carbonyl (C=O) groups excluding carboxylic acids is 2. The highest BCUT2D eigenvalue weighted by molar-refractivity contribution is 5.97. The van der Waals surface area contributed by atoms with Gasteiger partial charge in [-0.1, -0.05) is 38.1 Å². The smallest absolute Gasteiger partial charge is 0.253 e. The summed E-state index contributed by atoms with van der Waals surface area (Å²) in [5, 5.41) is 5.85. The van der Waals surface area contributed by atoms with Crippen molar-refractivity contribution in [3.05, 3.63) is 71.1 Å². The van der Waals surface area contributed by atoms with Crippen molar-refractivity contribution in [1.82, 2.24) is 10.3 Å². The van der Waals surface area contributed by atoms with E-state index in [0.29, 0.717) is 46.7 Å². The average molecular weight is 462 g/mol. The Labute approximate surface area is 199 Å². The van der Waals surface area contributed by atoms with Crippen LogP contribution in [0, 0.1) is 12.8 Å². The van der Waals surface area contributed by atoms with E-state index in [-0.39, 0.29) is 18.4 Å². The fourth-order valence-corrected chi connectivity index (χ4v) is 4.01. The number of amides is 2. The Kier molecular flexibility index (Phi) is 7.43. The van der Waals surface area contributed by atoms with E-state index in [4.69, 9.17) is 9.15 Å². The summed E-state index contributed by atoms with van der Waals surface area (Å²) in [5.41, 5.74) is 3.75. The second-order valence-corrected chi connectivity index (χ2v) is 9.04. The van der Waals surface area contributed by atoms with Crippen molar-refractivity contribution in [3.63, 3.8) is 0 Å². The van der Waals surface area contributed by atoms with Crippen LogP contribution in [0.2, 0.25) is 0 Å². The van der Waals surface area contributed by atoms with E-state index in [9.17, 15) is 9.59 Å². The lowest BCUT2D eigenvalue weighted by atomic mass is 10.0. The fraction of sp³-hybridized carbons (Fsp3) is 0.370. The molecule has 1 fully saturated rings. The second-order valence-electron chi connectivity index (χ2n) is 9.04. The van der Waals surface area contributed by atoms with Gasteiger partial charge in [-0.3, -0.25) is 9.59 Å². The molecule has 7 nitrogen and oxygen atoms in total. The highest BCUT2D eigenvalue weighted by atomic mass is 16.5. The standard InChI is InChI=1S/C27H31N3O4/c1-17(2)15-19-10-12-20(13-11-19)25(31)28-16-23-18(3)34-27(30-23)21-7-4-5-8-22(21)29-26(32)24-9-6-14-33-24/h4-5,7-8,10-13,17,24H,6,9,14-16H2,1-3H3,(H,28,31)(H,29,32). The third-order valence-corrected chi connectivity index (χ3v) is 5.81. The molecule has 1 atom stereocenters. The van der Waals surface area contributed by atoms with E-state index < -0.39 is 6.10 Å². The van der Waals surface area contributed by atoms with Gasteiger partial charge in [-0.15, -0.1) is 0 Å². The molecule has 1 unspecified atom stereocenters. The van der Waals surface area contributed by atoms with Gasteiger partial charge in [0.05, 0.1) is 17.8 Å². The zero-order valence-corrected chi connectivity index (χ0v) is 19.9. The summed E-state index contributed by atoms with van der Waals surface area (Å²) in [6.07, 6.45) is 2.16. The number of nitrogens with one attached hydrogen (secondary N) is 2. The molecule has 34 heavy (non-hydrogen) atoms. The van der Waals surface area contributed by atoms with Crippen LogP contribution >= 0.6 is 0 Å². The molecule has 0 saturated carbocycles. The monoisotopic (exact) mass is 461 g/mol. The molecule has 2 amide bonds. The van der Waals surface area contributed by atoms with Crippen molar-refractivity contribution in [2.75, 3.05) is 11.9 Å². The van der Waals surface area contributed by atoms with Gasteiger partial charge >= 0.3 is 0 Å². The van der Waals surface area contributed by atoms with Crippen LogP contribution in [0.3, 0.4) is 0 Å². The molecule has 2 heterocycles. The number of aryl methyl sites for hydroxylation is 1. The first-order chi connectivity index (χ1) is 16.4. The van der Waals surface area contributed by atoms with Crippen molar-refractivity contribution in [3.8, 4) is 11.5 Å². The molecular formula is C27H31N3O4. The van der Waals surface area contributed by atoms with Gasteiger partial charge in [0.15, 0.2) is 0 Å². The molecule has 0 radical (unpaired) electrons. The summed E-state index contributed by atoms with van der Waals surface area (Å²) in [6, 6.07) is 15.1. The number of carbonyl (C=O) groups is 2. The maximum atomic E-state index is 12.6. The number of hydrogen-bond donors (Lipinski definition) is 2. The molecule has 1 aliphatic rings. The molecule has 4 rings (SSSR count). The van der Waals surface area contributed by atoms with Gasteiger partial charge in [0.1, 0.15) is 17.6 Å². The van der Waals surface area contributed by atoms with Crippen LogP contribution in [-0.4, -0.2) is 29.5 Å². The third-order valence-electron chi connectivity index (χ3n) is 5.81. The Hall–Kier alpha value is -3.45. The quantitative estimate of drug-likeness (QED) is 0.498. The lowest BCUT2D eigenvalue weighted by Gasteiger charge is -2.12. The van der Waals surface area contributed by atoms with E-state index in [2.05, 4.69) is 29.5 Å². The SMILES string of the molecule is Cc1oc(-c2ccccc2NC(=O)C2CCCO2)nc1CNC(=O)c1ccc(CC(C)C)cc1. The van der Waals surface area contributed by atoms with Gasteiger partial charge in [-0.25, -0.2) is 4.98 Å². The Morgan fingerprint density at radius 3 is 2.59 bits per heavy atom. The van der Waals surface area contributed by atoms with E-state index in [1.807, 2.05) is 55.5 Å². The van der Waals surface area contributed by atoms with Crippen molar-refractivity contribution in [2.45, 2.75) is 52.7 Å². The minimum absolute atomic E-state index is 0.163. The molecule has 1 aliphatic heterocycles. The number of nitrogens with zero attached hydrogens (tertiary/aromatic N) is 1. The van der Waals surface area contributed by atoms with Gasteiger partial charge in [-0.2, -0.15) is 0 Å². The Bertz CT molecular complexity index is 1140. The number of oxazole rings is 1. The summed E-state index contributed by atoms with van der Waals surface area (Å²) in [6.45, 7) is 7.01. The van der Waals surface area contributed by atoms with Crippen molar-refractivity contribution in [2.24, 2.45) is 5.92 Å². The fourth-order valence-electron chi connectivity index (χ4n) is 4.01. The predicted molar refractivity (Wildman–Crippen MR) is 130 cm³/mol. The van der Waals surface area contributed by atoms with E-state index in [0.717, 1.165) is 19.3 Å². The summed E-state index contributed by atoms with van der Waals surface area (Å²) in [4.78, 5) is 29.7. The van der Waals surface area contributed by atoms with Gasteiger partial charge in [0.25, 0.3) is 11.8 Å². The predicted octanol–water partition coefficient (Wildman–Crippen LogP) is 4.90. The molecule has 2 N–H and O–H groups in total. The molecule has 0 spiro atoms. The van der Waals surface area contributed by atoms with E-state index >= 15 is 0 Å². The Morgan fingerprint density at radius 1 is 1.12 bits per heavy atom. The van der Waals surface area contributed by atoms with Crippen LogP contribution in [0.4, 0.5) is 5.69 Å². The van der Waals surface area contributed by atoms with Crippen LogP contribution in [0.1, 0.15) is 54.1 Å². The first-order valence-electron chi connectivity index (χ1n) is 11.8. The molecule has 1 aromatic heterocycles. The maximum Gasteiger partial charge on any atom is 0.253 e. The normalized spacial score (nSPS) is 15.5. The Morgan fingerprint density at radius 2 is 1.88 bits per heavy atom. The number of aromatic nitrogens is 1. The first-order valence-corrected chi connectivity index (χ1v) is 11.8. The summed E-state index contributed by atoms with van der Waals surface area (Å²) in [5.74, 6) is 1.24. The van der Waals surface area contributed by atoms with Crippen LogP contribution in [0.5, 0.6) is 0 Å². The Balaban J connectivity index is 1.43. The number of para-hydroxylation sites is 1. The zero-order chi connectivity index (χ0) is 24.1. The minimum atomic E-state index is -0.426. The molecule has 1 saturated heterocycles. The number of ether oxygens (including phenoxy) is 1. The highest BCUT2D eigenvalue weighted by Crippen LogP contribution is 2.29. The second kappa shape index (κ2) is 10.7. The minimum Gasteiger partial charge on any atom is -0.441 e.